The lowest BCUT2D eigenvalue weighted by Crippen LogP contribution is -2.58. The number of carbonyl (C=O) groups is 5. The highest BCUT2D eigenvalue weighted by molar-refractivity contribution is 5.94. The number of aliphatic hydroxyl groups is 1. The SMILES string of the molecule is CC(C)CC(NC(=O)C(N)CO)C(=O)NC(Cc1ccccc1)C(=O)NC(CCC(N)=O)C(=O)O. The summed E-state index contributed by atoms with van der Waals surface area (Å²) in [4.78, 5) is 60.9. The Morgan fingerprint density at radius 3 is 1.94 bits per heavy atom. The van der Waals surface area contributed by atoms with Crippen molar-refractivity contribution in [1.29, 1.82) is 0 Å². The number of hydrogen-bond donors (Lipinski definition) is 7. The number of nitrogens with two attached hydrogens (primary N) is 2. The van der Waals surface area contributed by atoms with Crippen LogP contribution in [0.4, 0.5) is 0 Å². The van der Waals surface area contributed by atoms with Gasteiger partial charge in [-0.15, -0.1) is 0 Å². The van der Waals surface area contributed by atoms with Gasteiger partial charge in [-0.05, 0) is 24.3 Å². The van der Waals surface area contributed by atoms with Crippen molar-refractivity contribution in [3.63, 3.8) is 0 Å². The molecule has 35 heavy (non-hydrogen) atoms. The van der Waals surface area contributed by atoms with Gasteiger partial charge < -0.3 is 37.6 Å². The Labute approximate surface area is 203 Å². The summed E-state index contributed by atoms with van der Waals surface area (Å²) in [7, 11) is 0. The number of aliphatic hydroxyl groups excluding tert-OH is 1. The van der Waals surface area contributed by atoms with E-state index in [1.807, 2.05) is 13.8 Å². The molecule has 0 heterocycles. The van der Waals surface area contributed by atoms with Crippen LogP contribution in [-0.4, -0.2) is 70.6 Å². The van der Waals surface area contributed by atoms with Crippen molar-refractivity contribution in [2.45, 2.75) is 63.7 Å². The van der Waals surface area contributed by atoms with Gasteiger partial charge in [0.05, 0.1) is 6.61 Å². The molecule has 0 spiro atoms. The summed E-state index contributed by atoms with van der Waals surface area (Å²) in [6.07, 6.45) is -0.196. The van der Waals surface area contributed by atoms with Crippen LogP contribution in [-0.2, 0) is 30.4 Å². The van der Waals surface area contributed by atoms with Crippen molar-refractivity contribution in [3.05, 3.63) is 35.9 Å². The topological polar surface area (TPSA) is 214 Å². The highest BCUT2D eigenvalue weighted by Crippen LogP contribution is 2.09. The van der Waals surface area contributed by atoms with Gasteiger partial charge in [-0.1, -0.05) is 44.2 Å². The van der Waals surface area contributed by atoms with Crippen molar-refractivity contribution in [3.8, 4) is 0 Å². The number of carboxylic acid groups (broad SMARTS) is 1. The van der Waals surface area contributed by atoms with E-state index < -0.39 is 60.4 Å². The molecular formula is C23H35N5O7. The second-order valence-electron chi connectivity index (χ2n) is 8.64. The van der Waals surface area contributed by atoms with Gasteiger partial charge >= 0.3 is 5.97 Å². The van der Waals surface area contributed by atoms with E-state index >= 15 is 0 Å². The molecule has 0 fully saturated rings. The number of benzene rings is 1. The second-order valence-corrected chi connectivity index (χ2v) is 8.64. The van der Waals surface area contributed by atoms with Crippen LogP contribution in [0.2, 0.25) is 0 Å². The first kappa shape index (κ1) is 29.5. The number of nitrogens with one attached hydrogen (secondary N) is 3. The van der Waals surface area contributed by atoms with Crippen LogP contribution in [0.3, 0.4) is 0 Å². The normalized spacial score (nSPS) is 14.3. The van der Waals surface area contributed by atoms with Crippen LogP contribution in [0.25, 0.3) is 0 Å². The molecule has 4 atom stereocenters. The number of amides is 4. The Hall–Kier alpha value is -3.51. The van der Waals surface area contributed by atoms with E-state index in [4.69, 9.17) is 16.6 Å². The van der Waals surface area contributed by atoms with Gasteiger partial charge in [0.15, 0.2) is 0 Å². The van der Waals surface area contributed by atoms with Crippen molar-refractivity contribution >= 4 is 29.6 Å². The van der Waals surface area contributed by atoms with Crippen LogP contribution in [0.15, 0.2) is 30.3 Å². The molecule has 194 valence electrons. The maximum Gasteiger partial charge on any atom is 0.326 e. The average molecular weight is 494 g/mol. The first-order valence-corrected chi connectivity index (χ1v) is 11.3. The largest absolute Gasteiger partial charge is 0.480 e. The molecule has 1 aromatic carbocycles. The molecule has 1 aromatic rings. The molecule has 0 bridgehead atoms. The number of rotatable bonds is 15. The molecule has 0 saturated heterocycles. The van der Waals surface area contributed by atoms with Gasteiger partial charge in [0.2, 0.25) is 23.6 Å². The third kappa shape index (κ3) is 11.0. The molecule has 0 aliphatic carbocycles. The van der Waals surface area contributed by atoms with Crippen LogP contribution in [0, 0.1) is 5.92 Å². The smallest absolute Gasteiger partial charge is 0.326 e. The molecule has 0 aliphatic heterocycles. The molecule has 4 amide bonds. The zero-order valence-corrected chi connectivity index (χ0v) is 19.9. The number of carbonyl (C=O) groups excluding carboxylic acids is 4. The standard InChI is InChI=1S/C23H35N5O7/c1-13(2)10-17(27-20(31)15(24)12-29)21(32)28-18(11-14-6-4-3-5-7-14)22(33)26-16(23(34)35)8-9-19(25)30/h3-7,13,15-18,29H,8-12,24H2,1-2H3,(H2,25,30)(H,26,33)(H,27,31)(H,28,32)(H,34,35). The van der Waals surface area contributed by atoms with E-state index in [0.717, 1.165) is 0 Å². The lowest BCUT2D eigenvalue weighted by atomic mass is 10.0. The van der Waals surface area contributed by atoms with E-state index in [2.05, 4.69) is 16.0 Å². The Kier molecular flexibility index (Phi) is 12.4. The molecule has 0 aromatic heterocycles. The van der Waals surface area contributed by atoms with Gasteiger partial charge in [0.25, 0.3) is 0 Å². The third-order valence-corrected chi connectivity index (χ3v) is 5.08. The van der Waals surface area contributed by atoms with Crippen LogP contribution in [0.1, 0.15) is 38.7 Å². The maximum atomic E-state index is 13.1. The van der Waals surface area contributed by atoms with Crippen LogP contribution < -0.4 is 27.4 Å². The lowest BCUT2D eigenvalue weighted by Gasteiger charge is -2.26. The third-order valence-electron chi connectivity index (χ3n) is 5.08. The summed E-state index contributed by atoms with van der Waals surface area (Å²) in [5.74, 6) is -4.25. The van der Waals surface area contributed by atoms with Crippen molar-refractivity contribution < 1.29 is 34.2 Å². The summed E-state index contributed by atoms with van der Waals surface area (Å²) in [5.41, 5.74) is 11.3. The second kappa shape index (κ2) is 14.7. The molecule has 0 radical (unpaired) electrons. The van der Waals surface area contributed by atoms with Gasteiger partial charge in [-0.3, -0.25) is 19.2 Å². The molecule has 0 aliphatic rings. The number of carboxylic acids is 1. The molecular weight excluding hydrogens is 458 g/mol. The van der Waals surface area contributed by atoms with Crippen molar-refractivity contribution in [2.75, 3.05) is 6.61 Å². The van der Waals surface area contributed by atoms with E-state index in [0.29, 0.717) is 5.56 Å². The molecule has 0 saturated carbocycles. The van der Waals surface area contributed by atoms with Crippen molar-refractivity contribution in [2.24, 2.45) is 17.4 Å². The molecule has 4 unspecified atom stereocenters. The fourth-order valence-corrected chi connectivity index (χ4v) is 3.21. The predicted molar refractivity (Wildman–Crippen MR) is 127 cm³/mol. The summed E-state index contributed by atoms with van der Waals surface area (Å²) in [6, 6.07) is 3.91. The highest BCUT2D eigenvalue weighted by atomic mass is 16.4. The van der Waals surface area contributed by atoms with E-state index in [1.54, 1.807) is 30.3 Å². The highest BCUT2D eigenvalue weighted by Gasteiger charge is 2.31. The number of hydrogen-bond acceptors (Lipinski definition) is 7. The molecule has 9 N–H and O–H groups in total. The Bertz CT molecular complexity index is 878. The van der Waals surface area contributed by atoms with E-state index in [1.165, 1.54) is 0 Å². The summed E-state index contributed by atoms with van der Waals surface area (Å²) in [5, 5.41) is 25.9. The molecule has 12 nitrogen and oxygen atoms in total. The maximum absolute atomic E-state index is 13.1. The van der Waals surface area contributed by atoms with Crippen molar-refractivity contribution in [1.82, 2.24) is 16.0 Å². The van der Waals surface area contributed by atoms with Gasteiger partial charge in [0.1, 0.15) is 24.2 Å². The first-order chi connectivity index (χ1) is 16.4. The number of primary amides is 1. The first-order valence-electron chi connectivity index (χ1n) is 11.3. The Morgan fingerprint density at radius 1 is 0.886 bits per heavy atom. The van der Waals surface area contributed by atoms with Crippen LogP contribution in [0.5, 0.6) is 0 Å². The van der Waals surface area contributed by atoms with E-state index in [-0.39, 0.29) is 31.6 Å². The van der Waals surface area contributed by atoms with Crippen LogP contribution >= 0.6 is 0 Å². The minimum Gasteiger partial charge on any atom is -0.480 e. The van der Waals surface area contributed by atoms with Gasteiger partial charge in [-0.2, -0.15) is 0 Å². The molecule has 1 rings (SSSR count). The monoisotopic (exact) mass is 493 g/mol. The summed E-state index contributed by atoms with van der Waals surface area (Å²) >= 11 is 0. The Morgan fingerprint density at radius 2 is 1.43 bits per heavy atom. The van der Waals surface area contributed by atoms with Gasteiger partial charge in [-0.25, -0.2) is 4.79 Å². The van der Waals surface area contributed by atoms with Gasteiger partial charge in [0, 0.05) is 12.8 Å². The quantitative estimate of drug-likeness (QED) is 0.151. The predicted octanol–water partition coefficient (Wildman–Crippen LogP) is -1.60. The average Bonchev–Trinajstić information content (AvgIpc) is 2.79. The minimum absolute atomic E-state index is 0.0111. The zero-order chi connectivity index (χ0) is 26.5. The fourth-order valence-electron chi connectivity index (χ4n) is 3.21. The fraction of sp³-hybridized carbons (Fsp3) is 0.522. The summed E-state index contributed by atoms with van der Waals surface area (Å²) in [6.45, 7) is 3.06. The summed E-state index contributed by atoms with van der Waals surface area (Å²) < 4.78 is 0. The minimum atomic E-state index is -1.39. The number of aliphatic carboxylic acids is 1. The van der Waals surface area contributed by atoms with E-state index in [9.17, 15) is 29.1 Å². The molecule has 12 heteroatoms. The Balaban J connectivity index is 3.11. The lowest BCUT2D eigenvalue weighted by molar-refractivity contribution is -0.142. The zero-order valence-electron chi connectivity index (χ0n) is 19.9.